The molecular weight excluding hydrogens is 282 g/mol. The highest BCUT2D eigenvalue weighted by atomic mass is 35.5. The molecule has 0 bridgehead atoms. The summed E-state index contributed by atoms with van der Waals surface area (Å²) in [6.45, 7) is 4.54. The summed E-state index contributed by atoms with van der Waals surface area (Å²) in [4.78, 5) is 23.2. The molecule has 1 aromatic carbocycles. The molecule has 1 heterocycles. The average molecular weight is 296 g/mol. The third-order valence-electron chi connectivity index (χ3n) is 3.07. The first-order chi connectivity index (χ1) is 9.22. The summed E-state index contributed by atoms with van der Waals surface area (Å²) in [7, 11) is 0. The Balaban J connectivity index is 2.41. The fourth-order valence-electron chi connectivity index (χ4n) is 1.80. The second-order valence-corrected chi connectivity index (χ2v) is 5.52. The molecule has 5 nitrogen and oxygen atoms in total. The predicted molar refractivity (Wildman–Crippen MR) is 75.1 cm³/mol. The Bertz CT molecular complexity index is 703. The van der Waals surface area contributed by atoms with Crippen LogP contribution in [-0.4, -0.2) is 22.5 Å². The van der Waals surface area contributed by atoms with E-state index in [0.29, 0.717) is 16.2 Å². The topological polar surface area (TPSA) is 79.5 Å². The first-order valence-electron chi connectivity index (χ1n) is 5.97. The molecule has 1 amide bonds. The highest BCUT2D eigenvalue weighted by Gasteiger charge is 2.31. The molecule has 0 aliphatic rings. The van der Waals surface area contributed by atoms with Gasteiger partial charge in [0.2, 0.25) is 0 Å². The molecule has 0 atom stereocenters. The van der Waals surface area contributed by atoms with Gasteiger partial charge in [0.15, 0.2) is 5.76 Å². The molecule has 0 saturated heterocycles. The van der Waals surface area contributed by atoms with Crippen LogP contribution in [0.25, 0.3) is 11.0 Å². The Morgan fingerprint density at radius 3 is 2.60 bits per heavy atom. The third-order valence-corrected chi connectivity index (χ3v) is 3.30. The lowest BCUT2D eigenvalue weighted by molar-refractivity contribution is -0.143. The number of carbonyl (C=O) groups excluding carboxylic acids is 1. The molecule has 0 aliphatic carbocycles. The molecule has 2 N–H and O–H groups in total. The Hall–Kier alpha value is -2.01. The number of carboxylic acid groups (broad SMARTS) is 1. The van der Waals surface area contributed by atoms with Crippen molar-refractivity contribution in [2.45, 2.75) is 26.3 Å². The maximum atomic E-state index is 12.1. The van der Waals surface area contributed by atoms with Crippen molar-refractivity contribution in [2.75, 3.05) is 0 Å². The maximum Gasteiger partial charge on any atom is 0.328 e. The quantitative estimate of drug-likeness (QED) is 0.912. The van der Waals surface area contributed by atoms with Gasteiger partial charge in [-0.3, -0.25) is 4.79 Å². The van der Waals surface area contributed by atoms with Crippen LogP contribution in [0, 0.1) is 6.92 Å². The van der Waals surface area contributed by atoms with E-state index in [0.717, 1.165) is 5.39 Å². The van der Waals surface area contributed by atoms with Crippen molar-refractivity contribution in [2.24, 2.45) is 0 Å². The number of benzene rings is 1. The van der Waals surface area contributed by atoms with Crippen LogP contribution in [0.5, 0.6) is 0 Å². The van der Waals surface area contributed by atoms with E-state index in [9.17, 15) is 9.59 Å². The molecule has 2 rings (SSSR count). The number of hydrogen-bond donors (Lipinski definition) is 2. The van der Waals surface area contributed by atoms with Crippen LogP contribution in [0.1, 0.15) is 30.0 Å². The minimum absolute atomic E-state index is 0.0941. The number of hydrogen-bond acceptors (Lipinski definition) is 3. The van der Waals surface area contributed by atoms with Gasteiger partial charge in [0.25, 0.3) is 5.91 Å². The lowest BCUT2D eigenvalue weighted by atomic mass is 10.1. The van der Waals surface area contributed by atoms with E-state index >= 15 is 0 Å². The van der Waals surface area contributed by atoms with E-state index in [1.807, 2.05) is 0 Å². The molecule has 20 heavy (non-hydrogen) atoms. The number of halogens is 1. The van der Waals surface area contributed by atoms with E-state index in [-0.39, 0.29) is 5.76 Å². The zero-order valence-electron chi connectivity index (χ0n) is 11.3. The lowest BCUT2D eigenvalue weighted by Gasteiger charge is -2.20. The molecular formula is C14H14ClNO4. The number of rotatable bonds is 3. The molecule has 0 fully saturated rings. The van der Waals surface area contributed by atoms with Gasteiger partial charge < -0.3 is 14.8 Å². The number of nitrogens with one attached hydrogen (secondary N) is 1. The highest BCUT2D eigenvalue weighted by molar-refractivity contribution is 6.31. The molecule has 0 aliphatic heterocycles. The standard InChI is InChI=1S/C14H14ClNO4/c1-7-9-6-8(15)4-5-10(9)20-11(7)12(17)16-14(2,3)13(18)19/h4-6H,1-3H3,(H,16,17)(H,18,19). The Morgan fingerprint density at radius 1 is 1.35 bits per heavy atom. The van der Waals surface area contributed by atoms with Crippen LogP contribution < -0.4 is 5.32 Å². The number of aliphatic carboxylic acids is 1. The smallest absolute Gasteiger partial charge is 0.328 e. The SMILES string of the molecule is Cc1c(C(=O)NC(C)(C)C(=O)O)oc2ccc(Cl)cc12. The van der Waals surface area contributed by atoms with Gasteiger partial charge in [0.05, 0.1) is 0 Å². The number of fused-ring (bicyclic) bond motifs is 1. The molecule has 0 radical (unpaired) electrons. The number of amides is 1. The molecule has 0 saturated carbocycles. The molecule has 0 unspecified atom stereocenters. The highest BCUT2D eigenvalue weighted by Crippen LogP contribution is 2.28. The minimum Gasteiger partial charge on any atom is -0.480 e. The van der Waals surface area contributed by atoms with Crippen LogP contribution in [0.4, 0.5) is 0 Å². The Labute approximate surface area is 120 Å². The minimum atomic E-state index is -1.37. The van der Waals surface area contributed by atoms with Gasteiger partial charge in [0, 0.05) is 16.0 Å². The van der Waals surface area contributed by atoms with Gasteiger partial charge >= 0.3 is 5.97 Å². The lowest BCUT2D eigenvalue weighted by Crippen LogP contribution is -2.49. The summed E-state index contributed by atoms with van der Waals surface area (Å²) in [6.07, 6.45) is 0. The molecule has 106 valence electrons. The van der Waals surface area contributed by atoms with E-state index in [4.69, 9.17) is 21.1 Å². The van der Waals surface area contributed by atoms with Crippen molar-refractivity contribution >= 4 is 34.4 Å². The number of carboxylic acids is 1. The van der Waals surface area contributed by atoms with Crippen molar-refractivity contribution in [3.63, 3.8) is 0 Å². The van der Waals surface area contributed by atoms with Crippen LogP contribution in [-0.2, 0) is 4.79 Å². The van der Waals surface area contributed by atoms with Crippen molar-refractivity contribution in [3.05, 3.63) is 34.5 Å². The Kier molecular flexibility index (Phi) is 3.48. The van der Waals surface area contributed by atoms with Crippen LogP contribution in [0.3, 0.4) is 0 Å². The molecule has 6 heteroatoms. The van der Waals surface area contributed by atoms with E-state index < -0.39 is 17.4 Å². The largest absolute Gasteiger partial charge is 0.480 e. The Morgan fingerprint density at radius 2 is 2.00 bits per heavy atom. The van der Waals surface area contributed by atoms with E-state index in [1.165, 1.54) is 13.8 Å². The molecule has 1 aromatic heterocycles. The number of furan rings is 1. The van der Waals surface area contributed by atoms with Gasteiger partial charge in [-0.1, -0.05) is 11.6 Å². The molecule has 0 spiro atoms. The second kappa shape index (κ2) is 4.83. The summed E-state index contributed by atoms with van der Waals surface area (Å²) in [5, 5.41) is 12.7. The van der Waals surface area contributed by atoms with Gasteiger partial charge in [0.1, 0.15) is 11.1 Å². The zero-order chi connectivity index (χ0) is 15.1. The summed E-state index contributed by atoms with van der Waals surface area (Å²) in [6, 6.07) is 5.04. The van der Waals surface area contributed by atoms with Crippen molar-refractivity contribution in [3.8, 4) is 0 Å². The second-order valence-electron chi connectivity index (χ2n) is 5.08. The predicted octanol–water partition coefficient (Wildman–Crippen LogP) is 2.99. The van der Waals surface area contributed by atoms with Crippen LogP contribution >= 0.6 is 11.6 Å². The average Bonchev–Trinajstić information content (AvgIpc) is 2.66. The van der Waals surface area contributed by atoms with Crippen molar-refractivity contribution < 1.29 is 19.1 Å². The van der Waals surface area contributed by atoms with Crippen LogP contribution in [0.2, 0.25) is 5.02 Å². The van der Waals surface area contributed by atoms with Gasteiger partial charge in [-0.15, -0.1) is 0 Å². The maximum absolute atomic E-state index is 12.1. The fourth-order valence-corrected chi connectivity index (χ4v) is 1.98. The first kappa shape index (κ1) is 14.4. The third kappa shape index (κ3) is 2.49. The molecule has 2 aromatic rings. The summed E-state index contributed by atoms with van der Waals surface area (Å²) < 4.78 is 5.48. The van der Waals surface area contributed by atoms with Crippen molar-refractivity contribution in [1.82, 2.24) is 5.32 Å². The summed E-state index contributed by atoms with van der Waals surface area (Å²) in [5.41, 5.74) is -0.216. The number of aryl methyl sites for hydroxylation is 1. The monoisotopic (exact) mass is 295 g/mol. The normalized spacial score (nSPS) is 11.6. The van der Waals surface area contributed by atoms with Crippen molar-refractivity contribution in [1.29, 1.82) is 0 Å². The van der Waals surface area contributed by atoms with E-state index in [1.54, 1.807) is 25.1 Å². The summed E-state index contributed by atoms with van der Waals surface area (Å²) >= 11 is 5.91. The number of carbonyl (C=O) groups is 2. The van der Waals surface area contributed by atoms with Gasteiger partial charge in [-0.2, -0.15) is 0 Å². The van der Waals surface area contributed by atoms with Crippen LogP contribution in [0.15, 0.2) is 22.6 Å². The van der Waals surface area contributed by atoms with Gasteiger partial charge in [-0.05, 0) is 39.0 Å². The summed E-state index contributed by atoms with van der Waals surface area (Å²) in [5.74, 6) is -1.60. The zero-order valence-corrected chi connectivity index (χ0v) is 12.0. The van der Waals surface area contributed by atoms with E-state index in [2.05, 4.69) is 5.32 Å². The first-order valence-corrected chi connectivity index (χ1v) is 6.35. The van der Waals surface area contributed by atoms with Gasteiger partial charge in [-0.25, -0.2) is 4.79 Å². The fraction of sp³-hybridized carbons (Fsp3) is 0.286.